The molecule has 0 radical (unpaired) electrons. The zero-order valence-electron chi connectivity index (χ0n) is 14.1. The van der Waals surface area contributed by atoms with Crippen molar-refractivity contribution in [2.24, 2.45) is 5.84 Å². The number of nitrogens with one attached hydrogen (secondary N) is 1. The molecule has 1 aliphatic heterocycles. The maximum atomic E-state index is 5.92. The van der Waals surface area contributed by atoms with Gasteiger partial charge in [0, 0.05) is 11.6 Å². The molecule has 3 heteroatoms. The predicted molar refractivity (Wildman–Crippen MR) is 90.2 cm³/mol. The maximum absolute atomic E-state index is 5.92. The van der Waals surface area contributed by atoms with Crippen LogP contribution in [0.2, 0.25) is 0 Å². The highest BCUT2D eigenvalue weighted by Crippen LogP contribution is 2.26. The van der Waals surface area contributed by atoms with E-state index in [1.54, 1.807) is 0 Å². The molecule has 1 heterocycles. The van der Waals surface area contributed by atoms with E-state index in [1.807, 2.05) is 0 Å². The van der Waals surface area contributed by atoms with Crippen molar-refractivity contribution >= 4 is 0 Å². The molecule has 0 amide bonds. The van der Waals surface area contributed by atoms with Crippen molar-refractivity contribution < 1.29 is 0 Å². The first-order chi connectivity index (χ1) is 9.95. The molecule has 3 nitrogen and oxygen atoms in total. The van der Waals surface area contributed by atoms with Crippen molar-refractivity contribution in [1.29, 1.82) is 0 Å². The van der Waals surface area contributed by atoms with Crippen molar-refractivity contribution in [3.8, 4) is 0 Å². The smallest absolute Gasteiger partial charge is 0.0429 e. The van der Waals surface area contributed by atoms with Gasteiger partial charge in [0.2, 0.25) is 0 Å². The van der Waals surface area contributed by atoms with Crippen molar-refractivity contribution in [3.05, 3.63) is 34.9 Å². The number of hydrogen-bond acceptors (Lipinski definition) is 3. The lowest BCUT2D eigenvalue weighted by molar-refractivity contribution is 0.0610. The Labute approximate surface area is 129 Å². The Morgan fingerprint density at radius 2 is 1.86 bits per heavy atom. The summed E-state index contributed by atoms with van der Waals surface area (Å²) in [6, 6.07) is 6.95. The van der Waals surface area contributed by atoms with Crippen LogP contribution in [0, 0.1) is 13.8 Å². The van der Waals surface area contributed by atoms with E-state index in [2.05, 4.69) is 56.2 Å². The molecule has 1 aromatic carbocycles. The first-order valence-electron chi connectivity index (χ1n) is 8.22. The van der Waals surface area contributed by atoms with E-state index < -0.39 is 0 Å². The van der Waals surface area contributed by atoms with Crippen LogP contribution in [-0.2, 0) is 6.42 Å². The molecule has 1 saturated heterocycles. The van der Waals surface area contributed by atoms with Crippen molar-refractivity contribution in [3.63, 3.8) is 0 Å². The number of rotatable bonds is 5. The molecule has 0 aliphatic carbocycles. The van der Waals surface area contributed by atoms with Gasteiger partial charge in [-0.15, -0.1) is 0 Å². The van der Waals surface area contributed by atoms with E-state index in [4.69, 9.17) is 5.84 Å². The summed E-state index contributed by atoms with van der Waals surface area (Å²) >= 11 is 0. The van der Waals surface area contributed by atoms with Gasteiger partial charge in [-0.25, -0.2) is 0 Å². The molecule has 0 aromatic heterocycles. The highest BCUT2D eigenvalue weighted by atomic mass is 15.3. The molecule has 1 fully saturated rings. The third-order valence-corrected chi connectivity index (χ3v) is 5.15. The summed E-state index contributed by atoms with van der Waals surface area (Å²) in [5.74, 6) is 5.92. The molecule has 118 valence electrons. The largest absolute Gasteiger partial charge is 0.297 e. The number of likely N-dealkylation sites (tertiary alicyclic amines) is 1. The van der Waals surface area contributed by atoms with Crippen LogP contribution in [0.5, 0.6) is 0 Å². The third kappa shape index (κ3) is 3.85. The Bertz CT molecular complexity index is 462. The molecule has 0 saturated carbocycles. The fourth-order valence-corrected chi connectivity index (χ4v) is 3.44. The van der Waals surface area contributed by atoms with Gasteiger partial charge in [-0.3, -0.25) is 16.2 Å². The average Bonchev–Trinajstić information content (AvgIpc) is 2.48. The van der Waals surface area contributed by atoms with Crippen LogP contribution in [0.3, 0.4) is 0 Å². The molecule has 2 rings (SSSR count). The number of aryl methyl sites for hydroxylation is 2. The average molecular weight is 289 g/mol. The molecule has 0 spiro atoms. The second-order valence-corrected chi connectivity index (χ2v) is 7.05. The minimum Gasteiger partial charge on any atom is -0.297 e. The predicted octanol–water partition coefficient (Wildman–Crippen LogP) is 2.94. The molecule has 1 atom stereocenters. The van der Waals surface area contributed by atoms with E-state index in [-0.39, 0.29) is 11.6 Å². The van der Waals surface area contributed by atoms with Gasteiger partial charge in [-0.1, -0.05) is 30.2 Å². The van der Waals surface area contributed by atoms with Crippen LogP contribution in [0.25, 0.3) is 0 Å². The number of hydrazine groups is 1. The van der Waals surface area contributed by atoms with Crippen LogP contribution >= 0.6 is 0 Å². The van der Waals surface area contributed by atoms with E-state index in [9.17, 15) is 0 Å². The summed E-state index contributed by atoms with van der Waals surface area (Å²) in [5, 5.41) is 0. The molecule has 3 N–H and O–H groups in total. The number of nitrogens with two attached hydrogens (primary N) is 1. The lowest BCUT2D eigenvalue weighted by Crippen LogP contribution is -2.61. The van der Waals surface area contributed by atoms with Gasteiger partial charge in [0.15, 0.2) is 0 Å². The minimum absolute atomic E-state index is 0.0748. The Morgan fingerprint density at radius 1 is 1.19 bits per heavy atom. The lowest BCUT2D eigenvalue weighted by Gasteiger charge is -2.46. The zero-order valence-corrected chi connectivity index (χ0v) is 14.1. The number of benzene rings is 1. The highest BCUT2D eigenvalue weighted by molar-refractivity contribution is 5.31. The van der Waals surface area contributed by atoms with Crippen LogP contribution < -0.4 is 11.3 Å². The first kappa shape index (κ1) is 16.5. The Morgan fingerprint density at radius 3 is 2.48 bits per heavy atom. The van der Waals surface area contributed by atoms with Crippen LogP contribution in [-0.4, -0.2) is 29.6 Å². The first-order valence-corrected chi connectivity index (χ1v) is 8.22. The molecule has 0 bridgehead atoms. The number of nitrogens with zero attached hydrogens (tertiary/aromatic N) is 1. The monoisotopic (exact) mass is 289 g/mol. The molecular formula is C18H31N3. The summed E-state index contributed by atoms with van der Waals surface area (Å²) in [7, 11) is 0. The summed E-state index contributed by atoms with van der Waals surface area (Å²) in [5.41, 5.74) is 7.25. The molecular weight excluding hydrogens is 258 g/mol. The standard InChI is InChI=1S/C18H31N3/c1-14-8-9-15(2)16(12-14)13-17(20-19)18(3,4)21-10-6-5-7-11-21/h8-9,12,17,20H,5-7,10-11,13,19H2,1-4H3. The highest BCUT2D eigenvalue weighted by Gasteiger charge is 2.35. The summed E-state index contributed by atoms with van der Waals surface area (Å²) in [4.78, 5) is 2.60. The van der Waals surface area contributed by atoms with Gasteiger partial charge in [-0.05, 0) is 71.2 Å². The maximum Gasteiger partial charge on any atom is 0.0429 e. The molecule has 21 heavy (non-hydrogen) atoms. The summed E-state index contributed by atoms with van der Waals surface area (Å²) in [6.07, 6.45) is 4.96. The topological polar surface area (TPSA) is 41.3 Å². The second-order valence-electron chi connectivity index (χ2n) is 7.05. The van der Waals surface area contributed by atoms with Crippen molar-refractivity contribution in [2.45, 2.75) is 65.0 Å². The second kappa shape index (κ2) is 6.91. The van der Waals surface area contributed by atoms with E-state index in [0.717, 1.165) is 6.42 Å². The number of piperidine rings is 1. The quantitative estimate of drug-likeness (QED) is 0.647. The fraction of sp³-hybridized carbons (Fsp3) is 0.667. The third-order valence-electron chi connectivity index (χ3n) is 5.15. The Kier molecular flexibility index (Phi) is 5.42. The Hall–Kier alpha value is -0.900. The zero-order chi connectivity index (χ0) is 15.5. The van der Waals surface area contributed by atoms with E-state index >= 15 is 0 Å². The van der Waals surface area contributed by atoms with Crippen molar-refractivity contribution in [1.82, 2.24) is 10.3 Å². The van der Waals surface area contributed by atoms with Gasteiger partial charge in [-0.2, -0.15) is 0 Å². The number of hydrogen-bond donors (Lipinski definition) is 2. The van der Waals surface area contributed by atoms with Crippen LogP contribution in [0.4, 0.5) is 0 Å². The lowest BCUT2D eigenvalue weighted by atomic mass is 9.85. The van der Waals surface area contributed by atoms with Gasteiger partial charge in [0.25, 0.3) is 0 Å². The van der Waals surface area contributed by atoms with Crippen LogP contribution in [0.15, 0.2) is 18.2 Å². The normalized spacial score (nSPS) is 18.7. The van der Waals surface area contributed by atoms with E-state index in [0.29, 0.717) is 0 Å². The van der Waals surface area contributed by atoms with Gasteiger partial charge in [0.05, 0.1) is 0 Å². The van der Waals surface area contributed by atoms with Crippen molar-refractivity contribution in [2.75, 3.05) is 13.1 Å². The fourth-order valence-electron chi connectivity index (χ4n) is 3.44. The molecule has 1 aliphatic rings. The summed E-state index contributed by atoms with van der Waals surface area (Å²) in [6.45, 7) is 11.4. The Balaban J connectivity index is 2.16. The summed E-state index contributed by atoms with van der Waals surface area (Å²) < 4.78 is 0. The van der Waals surface area contributed by atoms with Gasteiger partial charge < -0.3 is 0 Å². The van der Waals surface area contributed by atoms with Crippen LogP contribution in [0.1, 0.15) is 49.8 Å². The molecule has 1 aromatic rings. The molecule has 1 unspecified atom stereocenters. The minimum atomic E-state index is 0.0748. The van der Waals surface area contributed by atoms with E-state index in [1.165, 1.54) is 49.0 Å². The van der Waals surface area contributed by atoms with Gasteiger partial charge in [0.1, 0.15) is 0 Å². The van der Waals surface area contributed by atoms with Gasteiger partial charge >= 0.3 is 0 Å². The SMILES string of the molecule is Cc1ccc(C)c(CC(NN)C(C)(C)N2CCCCC2)c1.